The van der Waals surface area contributed by atoms with Crippen molar-refractivity contribution in [1.29, 1.82) is 0 Å². The molecule has 0 aliphatic carbocycles. The zero-order valence-electron chi connectivity index (χ0n) is 8.10. The van der Waals surface area contributed by atoms with E-state index in [4.69, 9.17) is 0 Å². The maximum absolute atomic E-state index is 12.8. The minimum atomic E-state index is -0.695. The van der Waals surface area contributed by atoms with Crippen molar-refractivity contribution in [2.45, 2.75) is 0 Å². The molecule has 1 N–H and O–H groups in total. The van der Waals surface area contributed by atoms with Gasteiger partial charge in [0.1, 0.15) is 17.5 Å². The Morgan fingerprint density at radius 1 is 0.875 bits per heavy atom. The van der Waals surface area contributed by atoms with E-state index >= 15 is 0 Å². The molecule has 2 aromatic carbocycles. The molecule has 1 nitrogen and oxygen atoms in total. The molecule has 0 heterocycles. The lowest BCUT2D eigenvalue weighted by Crippen LogP contribution is -1.93. The van der Waals surface area contributed by atoms with E-state index in [1.54, 1.807) is 0 Å². The number of benzene rings is 2. The van der Waals surface area contributed by atoms with Crippen molar-refractivity contribution >= 4 is 11.4 Å². The summed E-state index contributed by atoms with van der Waals surface area (Å²) in [6.45, 7) is 0. The predicted octanol–water partition coefficient (Wildman–Crippen LogP) is 3.65. The highest BCUT2D eigenvalue weighted by Gasteiger charge is 2.01. The molecule has 0 spiro atoms. The van der Waals surface area contributed by atoms with Crippen LogP contribution >= 0.6 is 0 Å². The van der Waals surface area contributed by atoms with Crippen molar-refractivity contribution in [3.8, 4) is 0 Å². The second kappa shape index (κ2) is 4.26. The van der Waals surface area contributed by atoms with Crippen LogP contribution in [0.1, 0.15) is 0 Å². The molecular formula is C12H7F3N. The summed E-state index contributed by atoms with van der Waals surface area (Å²) in [6.07, 6.45) is 0. The zero-order valence-corrected chi connectivity index (χ0v) is 8.10. The van der Waals surface area contributed by atoms with Gasteiger partial charge in [-0.3, -0.25) is 0 Å². The van der Waals surface area contributed by atoms with E-state index < -0.39 is 17.5 Å². The molecule has 16 heavy (non-hydrogen) atoms. The van der Waals surface area contributed by atoms with Gasteiger partial charge in [0.25, 0.3) is 0 Å². The highest BCUT2D eigenvalue weighted by Crippen LogP contribution is 2.19. The lowest BCUT2D eigenvalue weighted by molar-refractivity contribution is 0.584. The van der Waals surface area contributed by atoms with E-state index in [2.05, 4.69) is 11.4 Å². The van der Waals surface area contributed by atoms with E-state index in [-0.39, 0.29) is 5.69 Å². The third kappa shape index (κ3) is 2.53. The first-order valence-electron chi connectivity index (χ1n) is 4.54. The van der Waals surface area contributed by atoms with Crippen LogP contribution in [0.25, 0.3) is 0 Å². The van der Waals surface area contributed by atoms with Crippen molar-refractivity contribution in [2.24, 2.45) is 0 Å². The molecule has 0 saturated heterocycles. The highest BCUT2D eigenvalue weighted by atomic mass is 19.1. The smallest absolute Gasteiger partial charge is 0.128 e. The molecule has 0 fully saturated rings. The van der Waals surface area contributed by atoms with E-state index in [0.717, 1.165) is 18.2 Å². The summed E-state index contributed by atoms with van der Waals surface area (Å²) in [5.74, 6) is -1.84. The van der Waals surface area contributed by atoms with Crippen LogP contribution in [0, 0.1) is 23.5 Å². The van der Waals surface area contributed by atoms with Gasteiger partial charge in [0.2, 0.25) is 0 Å². The third-order valence-electron chi connectivity index (χ3n) is 1.91. The van der Waals surface area contributed by atoms with E-state index in [9.17, 15) is 13.2 Å². The Morgan fingerprint density at radius 3 is 2.19 bits per heavy atom. The Labute approximate surface area is 90.5 Å². The Kier molecular flexibility index (Phi) is 2.81. The molecule has 2 rings (SSSR count). The van der Waals surface area contributed by atoms with Crippen molar-refractivity contribution in [3.63, 3.8) is 0 Å². The minimum Gasteiger partial charge on any atom is -0.355 e. The Balaban J connectivity index is 2.27. The maximum Gasteiger partial charge on any atom is 0.128 e. The van der Waals surface area contributed by atoms with Gasteiger partial charge in [-0.05, 0) is 30.3 Å². The average molecular weight is 222 g/mol. The molecule has 0 unspecified atom stereocenters. The lowest BCUT2D eigenvalue weighted by Gasteiger charge is -2.06. The van der Waals surface area contributed by atoms with Crippen molar-refractivity contribution in [1.82, 2.24) is 0 Å². The van der Waals surface area contributed by atoms with E-state index in [1.807, 2.05) is 0 Å². The average Bonchev–Trinajstić information content (AvgIpc) is 2.15. The summed E-state index contributed by atoms with van der Waals surface area (Å²) < 4.78 is 38.5. The minimum absolute atomic E-state index is 0.208. The fourth-order valence-electron chi connectivity index (χ4n) is 1.29. The Bertz CT molecular complexity index is 491. The normalized spacial score (nSPS) is 10.2. The SMILES string of the molecule is Fc1cc[c]c(Nc2cc(F)cc(F)c2)c1. The maximum atomic E-state index is 12.8. The molecule has 0 atom stereocenters. The molecule has 1 radical (unpaired) electrons. The van der Waals surface area contributed by atoms with Gasteiger partial charge in [-0.25, -0.2) is 13.2 Å². The number of rotatable bonds is 2. The summed E-state index contributed by atoms with van der Waals surface area (Å²) in [4.78, 5) is 0. The zero-order chi connectivity index (χ0) is 11.5. The van der Waals surface area contributed by atoms with Crippen LogP contribution in [0.3, 0.4) is 0 Å². The fourth-order valence-corrected chi connectivity index (χ4v) is 1.29. The van der Waals surface area contributed by atoms with Gasteiger partial charge in [-0.1, -0.05) is 0 Å². The van der Waals surface area contributed by atoms with Crippen LogP contribution < -0.4 is 5.32 Å². The van der Waals surface area contributed by atoms with E-state index in [1.165, 1.54) is 18.2 Å². The van der Waals surface area contributed by atoms with Crippen molar-refractivity contribution in [2.75, 3.05) is 5.32 Å². The number of hydrogen-bond acceptors (Lipinski definition) is 1. The van der Waals surface area contributed by atoms with Gasteiger partial charge >= 0.3 is 0 Å². The summed E-state index contributed by atoms with van der Waals surface area (Å²) in [6, 6.07) is 9.49. The first-order valence-corrected chi connectivity index (χ1v) is 4.54. The van der Waals surface area contributed by atoms with Gasteiger partial charge < -0.3 is 5.32 Å². The molecule has 0 saturated carbocycles. The van der Waals surface area contributed by atoms with Gasteiger partial charge in [0, 0.05) is 23.5 Å². The number of anilines is 2. The Morgan fingerprint density at radius 2 is 1.56 bits per heavy atom. The first-order chi connectivity index (χ1) is 7.63. The Hall–Kier alpha value is -1.97. The monoisotopic (exact) mass is 222 g/mol. The van der Waals surface area contributed by atoms with Crippen LogP contribution in [0.15, 0.2) is 36.4 Å². The van der Waals surface area contributed by atoms with Gasteiger partial charge in [0.15, 0.2) is 0 Å². The predicted molar refractivity (Wildman–Crippen MR) is 54.9 cm³/mol. The van der Waals surface area contributed by atoms with Crippen molar-refractivity contribution < 1.29 is 13.2 Å². The lowest BCUT2D eigenvalue weighted by atomic mass is 10.2. The standard InChI is InChI=1S/C12H7F3N/c13-8-2-1-3-11(5-8)16-12-6-9(14)4-10(15)7-12/h1-2,4-7,16H. The quantitative estimate of drug-likeness (QED) is 0.817. The number of nitrogens with one attached hydrogen (secondary N) is 1. The first kappa shape index (κ1) is 10.5. The summed E-state index contributed by atoms with van der Waals surface area (Å²) in [5.41, 5.74) is 0.518. The molecule has 0 aromatic heterocycles. The van der Waals surface area contributed by atoms with Gasteiger partial charge in [-0.15, -0.1) is 0 Å². The fraction of sp³-hybridized carbons (Fsp3) is 0. The molecule has 0 aliphatic heterocycles. The molecule has 0 bridgehead atoms. The second-order valence-corrected chi connectivity index (χ2v) is 3.20. The van der Waals surface area contributed by atoms with Crippen molar-refractivity contribution in [3.05, 3.63) is 59.9 Å². The van der Waals surface area contributed by atoms with Crippen LogP contribution in [-0.2, 0) is 0 Å². The van der Waals surface area contributed by atoms with E-state index in [0.29, 0.717) is 5.69 Å². The van der Waals surface area contributed by atoms with Crippen LogP contribution in [0.2, 0.25) is 0 Å². The molecule has 0 aliphatic rings. The van der Waals surface area contributed by atoms with Gasteiger partial charge in [0.05, 0.1) is 0 Å². The number of hydrogen-bond donors (Lipinski definition) is 1. The number of halogens is 3. The third-order valence-corrected chi connectivity index (χ3v) is 1.91. The molecule has 81 valence electrons. The van der Waals surface area contributed by atoms with Crippen LogP contribution in [0.4, 0.5) is 24.5 Å². The second-order valence-electron chi connectivity index (χ2n) is 3.20. The summed E-state index contributed by atoms with van der Waals surface area (Å²) >= 11 is 0. The largest absolute Gasteiger partial charge is 0.355 e. The molecule has 4 heteroatoms. The summed E-state index contributed by atoms with van der Waals surface area (Å²) in [5, 5.41) is 2.65. The van der Waals surface area contributed by atoms with Crippen LogP contribution in [-0.4, -0.2) is 0 Å². The molecule has 2 aromatic rings. The highest BCUT2D eigenvalue weighted by molar-refractivity contribution is 5.58. The topological polar surface area (TPSA) is 12.0 Å². The van der Waals surface area contributed by atoms with Gasteiger partial charge in [-0.2, -0.15) is 0 Å². The van der Waals surface area contributed by atoms with Crippen LogP contribution in [0.5, 0.6) is 0 Å². The molecule has 0 amide bonds. The summed E-state index contributed by atoms with van der Waals surface area (Å²) in [7, 11) is 0. The molecular weight excluding hydrogens is 215 g/mol.